The third-order valence-corrected chi connectivity index (χ3v) is 6.73. The molecule has 1 aliphatic rings. The van der Waals surface area contributed by atoms with E-state index in [1.54, 1.807) is 22.3 Å². The third kappa shape index (κ3) is 3.25. The number of nitrogen functional groups attached to an aromatic ring is 1. The van der Waals surface area contributed by atoms with Gasteiger partial charge in [0.15, 0.2) is 0 Å². The number of nitrogens with two attached hydrogens (primary N) is 1. The molecule has 0 bridgehead atoms. The summed E-state index contributed by atoms with van der Waals surface area (Å²) in [6.07, 6.45) is 0. The SMILES string of the molecule is N#CC(CCl)CN1Cc2c(-c3ccc4[nH]nc(-c5ccsc5)c4c3)ccc(N)c2C1=O. The predicted octanol–water partition coefficient (Wildman–Crippen LogP) is 4.87. The average Bonchev–Trinajstić information content (AvgIpc) is 3.51. The van der Waals surface area contributed by atoms with E-state index in [2.05, 4.69) is 27.7 Å². The molecule has 3 heterocycles. The Balaban J connectivity index is 1.59. The smallest absolute Gasteiger partial charge is 0.256 e. The van der Waals surface area contributed by atoms with Gasteiger partial charge in [-0.25, -0.2) is 0 Å². The Bertz CT molecular complexity index is 1340. The van der Waals surface area contributed by atoms with Crippen LogP contribution >= 0.6 is 22.9 Å². The van der Waals surface area contributed by atoms with E-state index < -0.39 is 5.92 Å². The Morgan fingerprint density at radius 3 is 2.90 bits per heavy atom. The first kappa shape index (κ1) is 19.6. The van der Waals surface area contributed by atoms with Gasteiger partial charge in [0.25, 0.3) is 5.91 Å². The number of carbonyl (C=O) groups excluding carboxylic acids is 1. The van der Waals surface area contributed by atoms with Crippen LogP contribution in [0.15, 0.2) is 47.2 Å². The van der Waals surface area contributed by atoms with E-state index in [-0.39, 0.29) is 18.3 Å². The van der Waals surface area contributed by atoms with Crippen molar-refractivity contribution in [3.05, 3.63) is 58.3 Å². The van der Waals surface area contributed by atoms with Crippen molar-refractivity contribution in [3.8, 4) is 28.5 Å². The number of nitrogens with zero attached hydrogens (tertiary/aromatic N) is 3. The highest BCUT2D eigenvalue weighted by atomic mass is 35.5. The molecular weight excluding hydrogens is 430 g/mol. The first-order valence-electron chi connectivity index (χ1n) is 9.78. The molecule has 2 aromatic heterocycles. The summed E-state index contributed by atoms with van der Waals surface area (Å²) in [5, 5.41) is 22.0. The van der Waals surface area contributed by atoms with Crippen LogP contribution in [0.3, 0.4) is 0 Å². The maximum Gasteiger partial charge on any atom is 0.256 e. The van der Waals surface area contributed by atoms with Gasteiger partial charge >= 0.3 is 0 Å². The van der Waals surface area contributed by atoms with Crippen molar-refractivity contribution in [1.82, 2.24) is 15.1 Å². The number of halogens is 1. The molecule has 31 heavy (non-hydrogen) atoms. The highest BCUT2D eigenvalue weighted by Gasteiger charge is 2.33. The van der Waals surface area contributed by atoms with Crippen molar-refractivity contribution in [3.63, 3.8) is 0 Å². The fraction of sp³-hybridized carbons (Fsp3) is 0.174. The lowest BCUT2D eigenvalue weighted by Crippen LogP contribution is -2.30. The van der Waals surface area contributed by atoms with Crippen LogP contribution < -0.4 is 5.73 Å². The van der Waals surface area contributed by atoms with Crippen molar-refractivity contribution >= 4 is 45.4 Å². The van der Waals surface area contributed by atoms with Crippen molar-refractivity contribution in [1.29, 1.82) is 5.26 Å². The molecule has 0 saturated carbocycles. The molecule has 0 fully saturated rings. The summed E-state index contributed by atoms with van der Waals surface area (Å²) in [7, 11) is 0. The van der Waals surface area contributed by atoms with Gasteiger partial charge in [0.05, 0.1) is 23.1 Å². The zero-order valence-electron chi connectivity index (χ0n) is 16.4. The largest absolute Gasteiger partial charge is 0.398 e. The van der Waals surface area contributed by atoms with Gasteiger partial charge in [-0.05, 0) is 46.3 Å². The van der Waals surface area contributed by atoms with E-state index in [4.69, 9.17) is 17.3 Å². The van der Waals surface area contributed by atoms with Gasteiger partial charge in [0, 0.05) is 41.0 Å². The van der Waals surface area contributed by atoms with E-state index in [9.17, 15) is 10.1 Å². The molecule has 0 spiro atoms. The number of hydrogen-bond donors (Lipinski definition) is 2. The summed E-state index contributed by atoms with van der Waals surface area (Å²) in [4.78, 5) is 14.7. The lowest BCUT2D eigenvalue weighted by molar-refractivity contribution is 0.0768. The molecule has 2 aromatic carbocycles. The Kier molecular flexibility index (Phi) is 4.89. The third-order valence-electron chi connectivity index (χ3n) is 5.67. The first-order valence-corrected chi connectivity index (χ1v) is 11.3. The molecule has 8 heteroatoms. The molecule has 0 radical (unpaired) electrons. The number of thiophene rings is 1. The average molecular weight is 448 g/mol. The van der Waals surface area contributed by atoms with E-state index in [1.807, 2.05) is 29.6 Å². The zero-order valence-corrected chi connectivity index (χ0v) is 18.0. The summed E-state index contributed by atoms with van der Waals surface area (Å²) >= 11 is 7.50. The molecular formula is C23H18ClN5OS. The Hall–Kier alpha value is -3.34. The Morgan fingerprint density at radius 1 is 1.29 bits per heavy atom. The van der Waals surface area contributed by atoms with Gasteiger partial charge in [-0.1, -0.05) is 12.1 Å². The number of H-pyrrole nitrogens is 1. The molecule has 154 valence electrons. The first-order chi connectivity index (χ1) is 15.1. The number of fused-ring (bicyclic) bond motifs is 2. The van der Waals surface area contributed by atoms with Crippen LogP contribution in [-0.4, -0.2) is 33.4 Å². The van der Waals surface area contributed by atoms with Gasteiger partial charge in [-0.2, -0.15) is 21.7 Å². The number of nitrogens with one attached hydrogen (secondary N) is 1. The second-order valence-electron chi connectivity index (χ2n) is 7.57. The van der Waals surface area contributed by atoms with Gasteiger partial charge in [0.2, 0.25) is 0 Å². The number of carbonyl (C=O) groups is 1. The van der Waals surface area contributed by atoms with Crippen LogP contribution in [0.5, 0.6) is 0 Å². The molecule has 1 aliphatic heterocycles. The molecule has 5 rings (SSSR count). The minimum Gasteiger partial charge on any atom is -0.398 e. The summed E-state index contributed by atoms with van der Waals surface area (Å²) in [5.41, 5.74) is 12.9. The minimum absolute atomic E-state index is 0.150. The number of alkyl halides is 1. The van der Waals surface area contributed by atoms with E-state index in [1.165, 1.54) is 0 Å². The second kappa shape index (κ2) is 7.73. The quantitative estimate of drug-likeness (QED) is 0.336. The van der Waals surface area contributed by atoms with Gasteiger partial charge in [0.1, 0.15) is 5.69 Å². The van der Waals surface area contributed by atoms with Crippen molar-refractivity contribution in [2.24, 2.45) is 5.92 Å². The molecule has 1 unspecified atom stereocenters. The molecule has 6 nitrogen and oxygen atoms in total. The number of amides is 1. The van der Waals surface area contributed by atoms with Crippen molar-refractivity contribution in [2.45, 2.75) is 6.54 Å². The predicted molar refractivity (Wildman–Crippen MR) is 124 cm³/mol. The van der Waals surface area contributed by atoms with Gasteiger partial charge < -0.3 is 10.6 Å². The molecule has 1 atom stereocenters. The maximum atomic E-state index is 13.0. The minimum atomic E-state index is -0.417. The lowest BCUT2D eigenvalue weighted by atomic mass is 9.94. The van der Waals surface area contributed by atoms with Gasteiger partial charge in [-0.3, -0.25) is 9.89 Å². The summed E-state index contributed by atoms with van der Waals surface area (Å²) in [6, 6.07) is 14.1. The Morgan fingerprint density at radius 2 is 2.16 bits per heavy atom. The van der Waals surface area contributed by atoms with E-state index in [0.29, 0.717) is 17.8 Å². The molecule has 3 N–H and O–H groups in total. The summed E-state index contributed by atoms with van der Waals surface area (Å²) in [5.74, 6) is -0.385. The maximum absolute atomic E-state index is 13.0. The van der Waals surface area contributed by atoms with Crippen LogP contribution in [0.1, 0.15) is 15.9 Å². The topological polar surface area (TPSA) is 98.8 Å². The van der Waals surface area contributed by atoms with Crippen LogP contribution in [0.4, 0.5) is 5.69 Å². The molecule has 1 amide bonds. The fourth-order valence-corrected chi connectivity index (χ4v) is 4.92. The number of rotatable bonds is 5. The number of benzene rings is 2. The van der Waals surface area contributed by atoms with E-state index >= 15 is 0 Å². The number of aromatic amines is 1. The number of aromatic nitrogens is 2. The number of hydrogen-bond acceptors (Lipinski definition) is 5. The fourth-order valence-electron chi connectivity index (χ4n) is 4.11. The second-order valence-corrected chi connectivity index (χ2v) is 8.66. The van der Waals surface area contributed by atoms with Crippen molar-refractivity contribution < 1.29 is 4.79 Å². The van der Waals surface area contributed by atoms with Crippen LogP contribution in [0, 0.1) is 17.2 Å². The van der Waals surface area contributed by atoms with Crippen LogP contribution in [0.25, 0.3) is 33.3 Å². The Labute approximate surface area is 187 Å². The zero-order chi connectivity index (χ0) is 21.5. The van der Waals surface area contributed by atoms with Crippen molar-refractivity contribution in [2.75, 3.05) is 18.2 Å². The van der Waals surface area contributed by atoms with Gasteiger partial charge in [-0.15, -0.1) is 11.6 Å². The number of anilines is 1. The standard InChI is InChI=1S/C23H18ClN5OS/c24-8-13(9-25)10-29-11-18-16(2-3-19(26)21(18)23(29)30)14-1-4-20-17(7-14)22(28-27-20)15-5-6-31-12-15/h1-7,12-13H,8,10-11,26H2,(H,27,28). The summed E-state index contributed by atoms with van der Waals surface area (Å²) in [6.45, 7) is 0.694. The lowest BCUT2D eigenvalue weighted by Gasteiger charge is -2.17. The highest BCUT2D eigenvalue weighted by Crippen LogP contribution is 2.38. The molecule has 0 saturated heterocycles. The highest BCUT2D eigenvalue weighted by molar-refractivity contribution is 7.08. The van der Waals surface area contributed by atoms with Crippen LogP contribution in [0.2, 0.25) is 0 Å². The number of nitriles is 1. The normalized spacial score (nSPS) is 14.1. The molecule has 4 aromatic rings. The monoisotopic (exact) mass is 447 g/mol. The van der Waals surface area contributed by atoms with E-state index in [0.717, 1.165) is 38.9 Å². The molecule has 0 aliphatic carbocycles. The summed E-state index contributed by atoms with van der Waals surface area (Å²) < 4.78 is 0. The van der Waals surface area contributed by atoms with Crippen LogP contribution in [-0.2, 0) is 6.54 Å².